The monoisotopic (exact) mass is 319 g/mol. The maximum atomic E-state index is 12.2. The van der Waals surface area contributed by atoms with E-state index in [0.29, 0.717) is 24.6 Å². The predicted octanol–water partition coefficient (Wildman–Crippen LogP) is 0.0764. The molecule has 2 rings (SSSR count). The lowest BCUT2D eigenvalue weighted by Gasteiger charge is -2.29. The average Bonchev–Trinajstić information content (AvgIpc) is 2.87. The van der Waals surface area contributed by atoms with E-state index in [2.05, 4.69) is 14.9 Å². The fourth-order valence-corrected chi connectivity index (χ4v) is 4.40. The van der Waals surface area contributed by atoms with Gasteiger partial charge < -0.3 is 15.0 Å². The second-order valence-corrected chi connectivity index (χ2v) is 7.65. The Balaban J connectivity index is 1.92. The highest BCUT2D eigenvalue weighted by atomic mass is 32.2. The SMILES string of the molecule is CNCc1cc(S(=O)(=O)NCC2CN(C)CCO2)cs1. The summed E-state index contributed by atoms with van der Waals surface area (Å²) in [5.74, 6) is 0. The Bertz CT molecular complexity index is 530. The molecule has 0 bridgehead atoms. The smallest absolute Gasteiger partial charge is 0.241 e. The largest absolute Gasteiger partial charge is 0.374 e. The van der Waals surface area contributed by atoms with Gasteiger partial charge in [0.05, 0.1) is 17.6 Å². The molecular formula is C12H21N3O3S2. The molecule has 0 aromatic carbocycles. The fraction of sp³-hybridized carbons (Fsp3) is 0.667. The van der Waals surface area contributed by atoms with Crippen molar-refractivity contribution in [1.82, 2.24) is 14.9 Å². The van der Waals surface area contributed by atoms with Crippen LogP contribution in [-0.4, -0.2) is 59.8 Å². The van der Waals surface area contributed by atoms with Gasteiger partial charge in [0.1, 0.15) is 0 Å². The van der Waals surface area contributed by atoms with Crippen LogP contribution in [0.4, 0.5) is 0 Å². The number of sulfonamides is 1. The van der Waals surface area contributed by atoms with Crippen molar-refractivity contribution < 1.29 is 13.2 Å². The average molecular weight is 319 g/mol. The number of likely N-dealkylation sites (N-methyl/N-ethyl adjacent to an activating group) is 1. The lowest BCUT2D eigenvalue weighted by molar-refractivity contribution is -0.0156. The number of rotatable bonds is 6. The summed E-state index contributed by atoms with van der Waals surface area (Å²) in [6, 6.07) is 1.71. The first-order valence-corrected chi connectivity index (χ1v) is 8.89. The van der Waals surface area contributed by atoms with Crippen molar-refractivity contribution in [2.75, 3.05) is 40.3 Å². The third-order valence-corrected chi connectivity index (χ3v) is 5.62. The molecule has 114 valence electrons. The summed E-state index contributed by atoms with van der Waals surface area (Å²) < 4.78 is 32.5. The van der Waals surface area contributed by atoms with Gasteiger partial charge >= 0.3 is 0 Å². The van der Waals surface area contributed by atoms with Crippen LogP contribution < -0.4 is 10.0 Å². The van der Waals surface area contributed by atoms with Crippen LogP contribution in [0, 0.1) is 0 Å². The molecule has 1 fully saturated rings. The lowest BCUT2D eigenvalue weighted by atomic mass is 10.3. The number of thiophene rings is 1. The first-order chi connectivity index (χ1) is 9.51. The molecule has 1 atom stereocenters. The topological polar surface area (TPSA) is 70.7 Å². The Kier molecular flexibility index (Phi) is 5.53. The van der Waals surface area contributed by atoms with Crippen molar-refractivity contribution in [3.05, 3.63) is 16.3 Å². The number of nitrogens with zero attached hydrogens (tertiary/aromatic N) is 1. The van der Waals surface area contributed by atoms with E-state index in [1.165, 1.54) is 11.3 Å². The fourth-order valence-electron chi connectivity index (χ4n) is 2.04. The van der Waals surface area contributed by atoms with Gasteiger partial charge in [0.25, 0.3) is 0 Å². The standard InChI is InChI=1S/C12H21N3O3S2/c1-13-7-11-5-12(9-19-11)20(16,17)14-6-10-8-15(2)3-4-18-10/h5,9-10,13-14H,3-4,6-8H2,1-2H3. The van der Waals surface area contributed by atoms with Crippen molar-refractivity contribution in [3.63, 3.8) is 0 Å². The summed E-state index contributed by atoms with van der Waals surface area (Å²) in [7, 11) is 0.403. The summed E-state index contributed by atoms with van der Waals surface area (Å²) in [6.07, 6.45) is -0.0843. The van der Waals surface area contributed by atoms with Crippen LogP contribution in [-0.2, 0) is 21.3 Å². The zero-order valence-electron chi connectivity index (χ0n) is 11.8. The summed E-state index contributed by atoms with van der Waals surface area (Å²) in [4.78, 5) is 3.47. The molecule has 1 aromatic rings. The molecule has 2 heterocycles. The number of hydrogen-bond acceptors (Lipinski definition) is 6. The van der Waals surface area contributed by atoms with Gasteiger partial charge in [-0.2, -0.15) is 0 Å². The second kappa shape index (κ2) is 6.97. The molecule has 0 spiro atoms. The molecule has 0 saturated carbocycles. The van der Waals surface area contributed by atoms with Crippen molar-refractivity contribution >= 4 is 21.4 Å². The molecule has 6 nitrogen and oxygen atoms in total. The summed E-state index contributed by atoms with van der Waals surface area (Å²) in [6.45, 7) is 3.27. The third kappa shape index (κ3) is 4.24. The van der Waals surface area contributed by atoms with E-state index in [4.69, 9.17) is 4.74 Å². The number of hydrogen-bond donors (Lipinski definition) is 2. The Morgan fingerprint density at radius 1 is 1.55 bits per heavy atom. The Morgan fingerprint density at radius 2 is 2.35 bits per heavy atom. The molecule has 1 aromatic heterocycles. The first kappa shape index (κ1) is 15.9. The first-order valence-electron chi connectivity index (χ1n) is 6.53. The third-order valence-electron chi connectivity index (χ3n) is 3.13. The van der Waals surface area contributed by atoms with Crippen molar-refractivity contribution in [3.8, 4) is 0 Å². The van der Waals surface area contributed by atoms with Gasteiger partial charge in [0, 0.05) is 36.4 Å². The van der Waals surface area contributed by atoms with Crippen LogP contribution in [0.1, 0.15) is 4.88 Å². The maximum Gasteiger partial charge on any atom is 0.241 e. The van der Waals surface area contributed by atoms with Crippen molar-refractivity contribution in [2.45, 2.75) is 17.5 Å². The maximum absolute atomic E-state index is 12.2. The van der Waals surface area contributed by atoms with E-state index in [1.54, 1.807) is 11.4 Å². The minimum atomic E-state index is -3.44. The molecule has 0 radical (unpaired) electrons. The van der Waals surface area contributed by atoms with E-state index >= 15 is 0 Å². The molecule has 0 amide bonds. The number of ether oxygens (including phenoxy) is 1. The zero-order valence-corrected chi connectivity index (χ0v) is 13.4. The van der Waals surface area contributed by atoms with Gasteiger partial charge in [-0.1, -0.05) is 0 Å². The van der Waals surface area contributed by atoms with Gasteiger partial charge in [-0.05, 0) is 20.2 Å². The Hall–Kier alpha value is -0.510. The summed E-state index contributed by atoms with van der Waals surface area (Å²) in [5, 5.41) is 4.68. The predicted molar refractivity (Wildman–Crippen MR) is 79.5 cm³/mol. The molecular weight excluding hydrogens is 298 g/mol. The Labute approximate surface area is 124 Å². The zero-order chi connectivity index (χ0) is 14.6. The van der Waals surface area contributed by atoms with E-state index in [1.807, 2.05) is 14.1 Å². The van der Waals surface area contributed by atoms with Gasteiger partial charge in [-0.25, -0.2) is 13.1 Å². The Morgan fingerprint density at radius 3 is 3.05 bits per heavy atom. The van der Waals surface area contributed by atoms with Gasteiger partial charge in [0.2, 0.25) is 10.0 Å². The highest BCUT2D eigenvalue weighted by Gasteiger charge is 2.22. The normalized spacial score (nSPS) is 21.2. The number of morpholine rings is 1. The molecule has 1 unspecified atom stereocenters. The molecule has 1 aliphatic rings. The van der Waals surface area contributed by atoms with Gasteiger partial charge in [-0.3, -0.25) is 0 Å². The lowest BCUT2D eigenvalue weighted by Crippen LogP contribution is -2.45. The highest BCUT2D eigenvalue weighted by molar-refractivity contribution is 7.89. The van der Waals surface area contributed by atoms with E-state index < -0.39 is 10.0 Å². The van der Waals surface area contributed by atoms with Crippen molar-refractivity contribution in [2.24, 2.45) is 0 Å². The van der Waals surface area contributed by atoms with Crippen LogP contribution in [0.3, 0.4) is 0 Å². The molecule has 1 aliphatic heterocycles. The molecule has 2 N–H and O–H groups in total. The van der Waals surface area contributed by atoms with Gasteiger partial charge in [0.15, 0.2) is 0 Å². The second-order valence-electron chi connectivity index (χ2n) is 4.89. The van der Waals surface area contributed by atoms with Crippen LogP contribution in [0.15, 0.2) is 16.3 Å². The molecule has 8 heteroatoms. The van der Waals surface area contributed by atoms with Crippen LogP contribution in [0.2, 0.25) is 0 Å². The number of nitrogens with one attached hydrogen (secondary N) is 2. The van der Waals surface area contributed by atoms with Gasteiger partial charge in [-0.15, -0.1) is 11.3 Å². The van der Waals surface area contributed by atoms with Crippen LogP contribution in [0.25, 0.3) is 0 Å². The molecule has 0 aliphatic carbocycles. The summed E-state index contributed by atoms with van der Waals surface area (Å²) in [5.41, 5.74) is 0. The highest BCUT2D eigenvalue weighted by Crippen LogP contribution is 2.19. The van der Waals surface area contributed by atoms with E-state index in [-0.39, 0.29) is 6.10 Å². The minimum Gasteiger partial charge on any atom is -0.374 e. The summed E-state index contributed by atoms with van der Waals surface area (Å²) >= 11 is 1.44. The van der Waals surface area contributed by atoms with Crippen molar-refractivity contribution in [1.29, 1.82) is 0 Å². The minimum absolute atomic E-state index is 0.0843. The van der Waals surface area contributed by atoms with E-state index in [9.17, 15) is 8.42 Å². The van der Waals surface area contributed by atoms with Crippen LogP contribution in [0.5, 0.6) is 0 Å². The van der Waals surface area contributed by atoms with E-state index in [0.717, 1.165) is 18.0 Å². The molecule has 20 heavy (non-hydrogen) atoms. The molecule has 1 saturated heterocycles. The van der Waals surface area contributed by atoms with Crippen LogP contribution >= 0.6 is 11.3 Å². The quantitative estimate of drug-likeness (QED) is 0.777.